The van der Waals surface area contributed by atoms with Crippen LogP contribution in [0.2, 0.25) is 0 Å². The molecule has 1 atom stereocenters. The number of pyridine rings is 1. The van der Waals surface area contributed by atoms with Gasteiger partial charge in [0.05, 0.1) is 18.2 Å². The molecule has 1 aromatic heterocycles. The highest BCUT2D eigenvalue weighted by molar-refractivity contribution is 5.76. The van der Waals surface area contributed by atoms with Gasteiger partial charge < -0.3 is 16.2 Å². The van der Waals surface area contributed by atoms with Gasteiger partial charge in [0.15, 0.2) is 0 Å². The lowest BCUT2D eigenvalue weighted by molar-refractivity contribution is -0.122. The third-order valence-electron chi connectivity index (χ3n) is 2.24. The highest BCUT2D eigenvalue weighted by atomic mass is 16.5. The van der Waals surface area contributed by atoms with E-state index in [1.807, 2.05) is 13.0 Å². The third-order valence-corrected chi connectivity index (χ3v) is 2.24. The van der Waals surface area contributed by atoms with E-state index in [1.165, 1.54) is 0 Å². The monoisotopic (exact) mass is 223 g/mol. The van der Waals surface area contributed by atoms with Gasteiger partial charge in [-0.25, -0.2) is 0 Å². The summed E-state index contributed by atoms with van der Waals surface area (Å²) in [6, 6.07) is 3.64. The summed E-state index contributed by atoms with van der Waals surface area (Å²) in [7, 11) is 0. The molecule has 0 radical (unpaired) electrons. The Kier molecular flexibility index (Phi) is 4.25. The molecule has 0 aromatic carbocycles. The molecule has 0 saturated carbocycles. The lowest BCUT2D eigenvalue weighted by Crippen LogP contribution is -2.26. The molecule has 0 fully saturated rings. The van der Waals surface area contributed by atoms with Gasteiger partial charge in [0.2, 0.25) is 5.91 Å². The van der Waals surface area contributed by atoms with Crippen molar-refractivity contribution in [3.8, 4) is 5.75 Å². The fraction of sp³-hybridized carbons (Fsp3) is 0.455. The molecule has 1 amide bonds. The van der Waals surface area contributed by atoms with Gasteiger partial charge in [-0.05, 0) is 19.1 Å². The van der Waals surface area contributed by atoms with Gasteiger partial charge in [0.1, 0.15) is 5.75 Å². The van der Waals surface area contributed by atoms with Crippen molar-refractivity contribution in [3.63, 3.8) is 0 Å². The molecule has 1 heterocycles. The number of amides is 1. The SMILES string of the molecule is Cc1ccc(OCC(C)C(N)=O)c(CN)n1. The Balaban J connectivity index is 2.70. The van der Waals surface area contributed by atoms with Gasteiger partial charge in [-0.15, -0.1) is 0 Å². The quantitative estimate of drug-likeness (QED) is 0.753. The molecular weight excluding hydrogens is 206 g/mol. The molecule has 5 nitrogen and oxygen atoms in total. The molecule has 0 spiro atoms. The highest BCUT2D eigenvalue weighted by Crippen LogP contribution is 2.17. The largest absolute Gasteiger partial charge is 0.491 e. The minimum Gasteiger partial charge on any atom is -0.491 e. The first-order valence-electron chi connectivity index (χ1n) is 5.13. The number of hydrogen-bond acceptors (Lipinski definition) is 4. The Bertz CT molecular complexity index is 379. The van der Waals surface area contributed by atoms with E-state index in [4.69, 9.17) is 16.2 Å². The molecule has 1 unspecified atom stereocenters. The van der Waals surface area contributed by atoms with Gasteiger partial charge in [-0.3, -0.25) is 9.78 Å². The number of rotatable bonds is 5. The topological polar surface area (TPSA) is 91.2 Å². The second kappa shape index (κ2) is 5.46. The zero-order valence-electron chi connectivity index (χ0n) is 9.56. The maximum absolute atomic E-state index is 10.8. The summed E-state index contributed by atoms with van der Waals surface area (Å²) < 4.78 is 5.46. The third kappa shape index (κ3) is 3.20. The van der Waals surface area contributed by atoms with Gasteiger partial charge >= 0.3 is 0 Å². The van der Waals surface area contributed by atoms with Crippen molar-refractivity contribution < 1.29 is 9.53 Å². The normalized spacial score (nSPS) is 12.2. The molecule has 0 saturated heterocycles. The molecule has 1 rings (SSSR count). The Labute approximate surface area is 94.8 Å². The molecule has 0 aliphatic carbocycles. The zero-order chi connectivity index (χ0) is 12.1. The molecule has 4 N–H and O–H groups in total. The zero-order valence-corrected chi connectivity index (χ0v) is 9.56. The van der Waals surface area contributed by atoms with E-state index in [2.05, 4.69) is 4.98 Å². The van der Waals surface area contributed by atoms with Crippen LogP contribution in [-0.2, 0) is 11.3 Å². The second-order valence-corrected chi connectivity index (χ2v) is 3.72. The summed E-state index contributed by atoms with van der Waals surface area (Å²) in [5.41, 5.74) is 12.3. The van der Waals surface area contributed by atoms with E-state index in [1.54, 1.807) is 13.0 Å². The number of carbonyl (C=O) groups excluding carboxylic acids is 1. The lowest BCUT2D eigenvalue weighted by Gasteiger charge is -2.12. The number of carbonyl (C=O) groups is 1. The molecule has 0 bridgehead atoms. The average Bonchev–Trinajstić information content (AvgIpc) is 2.26. The minimum absolute atomic E-state index is 0.243. The Hall–Kier alpha value is -1.62. The first-order valence-corrected chi connectivity index (χ1v) is 5.13. The van der Waals surface area contributed by atoms with E-state index in [0.29, 0.717) is 18.0 Å². The van der Waals surface area contributed by atoms with Crippen LogP contribution in [0, 0.1) is 12.8 Å². The molecule has 1 aromatic rings. The van der Waals surface area contributed by atoms with Crippen LogP contribution in [0.5, 0.6) is 5.75 Å². The van der Waals surface area contributed by atoms with Crippen molar-refractivity contribution >= 4 is 5.91 Å². The average molecular weight is 223 g/mol. The van der Waals surface area contributed by atoms with Crippen molar-refractivity contribution in [1.82, 2.24) is 4.98 Å². The van der Waals surface area contributed by atoms with Gasteiger partial charge in [-0.2, -0.15) is 0 Å². The van der Waals surface area contributed by atoms with Crippen molar-refractivity contribution in [1.29, 1.82) is 0 Å². The van der Waals surface area contributed by atoms with Crippen LogP contribution in [0.1, 0.15) is 18.3 Å². The van der Waals surface area contributed by atoms with E-state index in [0.717, 1.165) is 5.69 Å². The molecule has 88 valence electrons. The maximum atomic E-state index is 10.8. The van der Waals surface area contributed by atoms with Crippen LogP contribution in [0.3, 0.4) is 0 Å². The van der Waals surface area contributed by atoms with Crippen LogP contribution in [-0.4, -0.2) is 17.5 Å². The molecule has 0 aliphatic rings. The second-order valence-electron chi connectivity index (χ2n) is 3.72. The summed E-state index contributed by atoms with van der Waals surface area (Å²) in [6.45, 7) is 4.15. The number of aryl methyl sites for hydroxylation is 1. The predicted molar refractivity (Wildman–Crippen MR) is 60.7 cm³/mol. The van der Waals surface area contributed by atoms with Crippen LogP contribution in [0.4, 0.5) is 0 Å². The number of primary amides is 1. The van der Waals surface area contributed by atoms with Crippen LogP contribution in [0.15, 0.2) is 12.1 Å². The van der Waals surface area contributed by atoms with E-state index in [-0.39, 0.29) is 18.4 Å². The van der Waals surface area contributed by atoms with Crippen molar-refractivity contribution in [2.75, 3.05) is 6.61 Å². The Morgan fingerprint density at radius 3 is 2.81 bits per heavy atom. The molecular formula is C11H17N3O2. The predicted octanol–water partition coefficient (Wildman–Crippen LogP) is 0.349. The van der Waals surface area contributed by atoms with Crippen molar-refractivity contribution in [2.24, 2.45) is 17.4 Å². The summed E-state index contributed by atoms with van der Waals surface area (Å²) in [5, 5.41) is 0. The maximum Gasteiger partial charge on any atom is 0.223 e. The Morgan fingerprint density at radius 2 is 2.25 bits per heavy atom. The number of nitrogens with zero attached hydrogens (tertiary/aromatic N) is 1. The van der Waals surface area contributed by atoms with Crippen LogP contribution < -0.4 is 16.2 Å². The number of aromatic nitrogens is 1. The van der Waals surface area contributed by atoms with Crippen molar-refractivity contribution in [2.45, 2.75) is 20.4 Å². The van der Waals surface area contributed by atoms with Crippen LogP contribution >= 0.6 is 0 Å². The van der Waals surface area contributed by atoms with E-state index >= 15 is 0 Å². The van der Waals surface area contributed by atoms with Gasteiger partial charge in [0, 0.05) is 12.2 Å². The van der Waals surface area contributed by atoms with Crippen molar-refractivity contribution in [3.05, 3.63) is 23.5 Å². The number of hydrogen-bond donors (Lipinski definition) is 2. The molecule has 0 aliphatic heterocycles. The number of ether oxygens (including phenoxy) is 1. The lowest BCUT2D eigenvalue weighted by atomic mass is 10.2. The molecule has 5 heteroatoms. The summed E-state index contributed by atoms with van der Waals surface area (Å²) in [5.74, 6) is -0.0949. The van der Waals surface area contributed by atoms with E-state index in [9.17, 15) is 4.79 Å². The highest BCUT2D eigenvalue weighted by Gasteiger charge is 2.11. The first kappa shape index (κ1) is 12.4. The standard InChI is InChI=1S/C11H17N3O2/c1-7(11(13)15)6-16-10-4-3-8(2)14-9(10)5-12/h3-4,7H,5-6,12H2,1-2H3,(H2,13,15). The number of nitrogens with two attached hydrogens (primary N) is 2. The summed E-state index contributed by atoms with van der Waals surface area (Å²) in [4.78, 5) is 15.1. The van der Waals surface area contributed by atoms with Crippen LogP contribution in [0.25, 0.3) is 0 Å². The summed E-state index contributed by atoms with van der Waals surface area (Å²) >= 11 is 0. The minimum atomic E-state index is -0.380. The Morgan fingerprint density at radius 1 is 1.56 bits per heavy atom. The van der Waals surface area contributed by atoms with E-state index < -0.39 is 0 Å². The van der Waals surface area contributed by atoms with Gasteiger partial charge in [0.25, 0.3) is 0 Å². The molecule has 16 heavy (non-hydrogen) atoms. The smallest absolute Gasteiger partial charge is 0.223 e. The summed E-state index contributed by atoms with van der Waals surface area (Å²) in [6.07, 6.45) is 0. The fourth-order valence-electron chi connectivity index (χ4n) is 1.17. The van der Waals surface area contributed by atoms with Gasteiger partial charge in [-0.1, -0.05) is 6.92 Å². The first-order chi connectivity index (χ1) is 7.54. The fourth-order valence-corrected chi connectivity index (χ4v) is 1.17.